The van der Waals surface area contributed by atoms with Crippen LogP contribution in [0.15, 0.2) is 0 Å². The van der Waals surface area contributed by atoms with E-state index in [1.165, 1.54) is 0 Å². The van der Waals surface area contributed by atoms with Crippen LogP contribution in [-0.2, 0) is 21.9 Å². The molecule has 1 aliphatic heterocycles. The lowest BCUT2D eigenvalue weighted by Crippen LogP contribution is -2.37. The van der Waals surface area contributed by atoms with Gasteiger partial charge in [-0.25, -0.2) is 18.1 Å². The average Bonchev–Trinajstić information content (AvgIpc) is 2.89. The number of H-pyrrole nitrogens is 1. The molecular weight excluding hydrogens is 308 g/mol. The summed E-state index contributed by atoms with van der Waals surface area (Å²) in [6.07, 6.45) is 0.698. The molecule has 1 aromatic heterocycles. The highest BCUT2D eigenvalue weighted by Gasteiger charge is 2.32. The van der Waals surface area contributed by atoms with Crippen molar-refractivity contribution < 1.29 is 8.42 Å². The van der Waals surface area contributed by atoms with Crippen LogP contribution in [0, 0.1) is 4.77 Å². The van der Waals surface area contributed by atoms with E-state index in [1.807, 2.05) is 11.6 Å². The van der Waals surface area contributed by atoms with Gasteiger partial charge in [-0.3, -0.25) is 10.00 Å². The number of hydrogen-bond acceptors (Lipinski definition) is 5. The van der Waals surface area contributed by atoms with Gasteiger partial charge in [0.1, 0.15) is 5.82 Å². The topological polar surface area (TPSA) is 71.0 Å². The summed E-state index contributed by atoms with van der Waals surface area (Å²) in [6.45, 7) is 9.60. The van der Waals surface area contributed by atoms with Gasteiger partial charge < -0.3 is 0 Å². The molecule has 0 spiro atoms. The van der Waals surface area contributed by atoms with Gasteiger partial charge in [0.2, 0.25) is 4.77 Å². The van der Waals surface area contributed by atoms with E-state index in [9.17, 15) is 8.42 Å². The van der Waals surface area contributed by atoms with Gasteiger partial charge in [-0.15, -0.1) is 0 Å². The van der Waals surface area contributed by atoms with Crippen LogP contribution in [0.5, 0.6) is 0 Å². The first-order valence-corrected chi connectivity index (χ1v) is 9.47. The van der Waals surface area contributed by atoms with Crippen molar-refractivity contribution in [2.75, 3.05) is 18.1 Å². The van der Waals surface area contributed by atoms with Gasteiger partial charge in [0.25, 0.3) is 0 Å². The van der Waals surface area contributed by atoms with Gasteiger partial charge in [0.15, 0.2) is 9.84 Å². The Morgan fingerprint density at radius 3 is 2.57 bits per heavy atom. The number of aromatic amines is 1. The average molecular weight is 332 g/mol. The lowest BCUT2D eigenvalue weighted by Gasteiger charge is -2.26. The lowest BCUT2D eigenvalue weighted by molar-refractivity contribution is 0.163. The second kappa shape index (κ2) is 5.81. The summed E-state index contributed by atoms with van der Waals surface area (Å²) >= 11 is 5.30. The van der Waals surface area contributed by atoms with Gasteiger partial charge in [-0.05, 0) is 25.2 Å². The van der Waals surface area contributed by atoms with Gasteiger partial charge >= 0.3 is 0 Å². The van der Waals surface area contributed by atoms with Crippen LogP contribution in [0.4, 0.5) is 0 Å². The van der Waals surface area contributed by atoms with Crippen molar-refractivity contribution in [1.29, 1.82) is 0 Å². The van der Waals surface area contributed by atoms with E-state index in [4.69, 9.17) is 12.2 Å². The molecule has 120 valence electrons. The van der Waals surface area contributed by atoms with Gasteiger partial charge in [0, 0.05) is 11.5 Å². The second-order valence-electron chi connectivity index (χ2n) is 6.64. The van der Waals surface area contributed by atoms with Crippen LogP contribution in [0.2, 0.25) is 0 Å². The van der Waals surface area contributed by atoms with E-state index in [1.54, 1.807) is 0 Å². The van der Waals surface area contributed by atoms with Crippen molar-refractivity contribution in [3.63, 3.8) is 0 Å². The van der Waals surface area contributed by atoms with Gasteiger partial charge in [-0.2, -0.15) is 0 Å². The summed E-state index contributed by atoms with van der Waals surface area (Å²) < 4.78 is 25.6. The third-order valence-electron chi connectivity index (χ3n) is 3.84. The zero-order valence-electron chi connectivity index (χ0n) is 13.1. The zero-order chi connectivity index (χ0) is 15.8. The Morgan fingerprint density at radius 1 is 1.48 bits per heavy atom. The molecule has 1 atom stereocenters. The Morgan fingerprint density at radius 2 is 2.14 bits per heavy atom. The molecule has 1 aromatic rings. The Kier molecular flexibility index (Phi) is 4.60. The fourth-order valence-corrected chi connectivity index (χ4v) is 4.46. The molecule has 1 N–H and O–H groups in total. The predicted molar refractivity (Wildman–Crippen MR) is 85.6 cm³/mol. The molecule has 0 saturated carbocycles. The highest BCUT2D eigenvalue weighted by Crippen LogP contribution is 2.20. The first-order valence-electron chi connectivity index (χ1n) is 7.24. The summed E-state index contributed by atoms with van der Waals surface area (Å²) in [5.74, 6) is 1.38. The van der Waals surface area contributed by atoms with E-state index in [2.05, 4.69) is 35.8 Å². The maximum Gasteiger partial charge on any atom is 0.217 e. The minimum atomic E-state index is -2.87. The molecule has 2 rings (SSSR count). The second-order valence-corrected chi connectivity index (χ2v) is 9.23. The monoisotopic (exact) mass is 332 g/mol. The molecule has 8 heteroatoms. The standard InChI is InChI=1S/C13H24N4O2S2/c1-5-16(10-6-7-21(18,19)8-10)9-17-12(20)14-11(15-17)13(2,3)4/h10H,5-9H2,1-4H3,(H,14,15,20)/t10-/m1/s1. The summed E-state index contributed by atoms with van der Waals surface area (Å²) in [6, 6.07) is 0.0725. The number of aromatic nitrogens is 3. The Bertz CT molecular complexity index is 654. The largest absolute Gasteiger partial charge is 0.281 e. The van der Waals surface area contributed by atoms with E-state index in [-0.39, 0.29) is 23.0 Å². The van der Waals surface area contributed by atoms with E-state index in [0.717, 1.165) is 12.4 Å². The first-order chi connectivity index (χ1) is 9.62. The molecule has 0 aliphatic carbocycles. The highest BCUT2D eigenvalue weighted by molar-refractivity contribution is 7.91. The molecule has 0 aromatic carbocycles. The Hall–Kier alpha value is -0.730. The first kappa shape index (κ1) is 16.6. The number of nitrogens with zero attached hydrogens (tertiary/aromatic N) is 3. The minimum Gasteiger partial charge on any atom is -0.281 e. The minimum absolute atomic E-state index is 0.0725. The molecule has 0 unspecified atom stereocenters. The van der Waals surface area contributed by atoms with Crippen LogP contribution in [0.3, 0.4) is 0 Å². The van der Waals surface area contributed by atoms with Crippen molar-refractivity contribution in [2.24, 2.45) is 0 Å². The smallest absolute Gasteiger partial charge is 0.217 e. The molecule has 0 bridgehead atoms. The van der Waals surface area contributed by atoms with Crippen LogP contribution in [0.25, 0.3) is 0 Å². The Balaban J connectivity index is 2.16. The number of rotatable bonds is 4. The number of hydrogen-bond donors (Lipinski definition) is 1. The quantitative estimate of drug-likeness (QED) is 0.850. The maximum absolute atomic E-state index is 11.6. The summed E-state index contributed by atoms with van der Waals surface area (Å²) in [4.78, 5) is 6.55. The molecule has 6 nitrogen and oxygen atoms in total. The molecule has 1 saturated heterocycles. The van der Waals surface area contributed by atoms with E-state index >= 15 is 0 Å². The third kappa shape index (κ3) is 3.92. The predicted octanol–water partition coefficient (Wildman–Crippen LogP) is 1.70. The van der Waals surface area contributed by atoms with E-state index in [0.29, 0.717) is 17.9 Å². The third-order valence-corrected chi connectivity index (χ3v) is 5.91. The van der Waals surface area contributed by atoms with Crippen molar-refractivity contribution in [2.45, 2.75) is 52.2 Å². The zero-order valence-corrected chi connectivity index (χ0v) is 14.7. The summed E-state index contributed by atoms with van der Waals surface area (Å²) in [5, 5.41) is 3.24. The Labute approximate surface area is 131 Å². The maximum atomic E-state index is 11.6. The lowest BCUT2D eigenvalue weighted by atomic mass is 9.96. The van der Waals surface area contributed by atoms with Gasteiger partial charge in [0.05, 0.1) is 18.2 Å². The van der Waals surface area contributed by atoms with Crippen LogP contribution in [0.1, 0.15) is 39.9 Å². The van der Waals surface area contributed by atoms with Crippen LogP contribution >= 0.6 is 12.2 Å². The van der Waals surface area contributed by atoms with Gasteiger partial charge in [-0.1, -0.05) is 27.7 Å². The molecule has 1 fully saturated rings. The van der Waals surface area contributed by atoms with Crippen molar-refractivity contribution in [3.8, 4) is 0 Å². The molecular formula is C13H24N4O2S2. The molecule has 2 heterocycles. The summed E-state index contributed by atoms with van der Waals surface area (Å²) in [5.41, 5.74) is -0.0907. The van der Waals surface area contributed by atoms with Crippen LogP contribution < -0.4 is 0 Å². The van der Waals surface area contributed by atoms with E-state index < -0.39 is 9.84 Å². The fourth-order valence-electron chi connectivity index (χ4n) is 2.51. The van der Waals surface area contributed by atoms with Crippen molar-refractivity contribution >= 4 is 22.1 Å². The highest BCUT2D eigenvalue weighted by atomic mass is 32.2. The SMILES string of the molecule is CCN(Cn1[nH]c(C(C)(C)C)nc1=S)[C@@H]1CCS(=O)(=O)C1. The molecule has 21 heavy (non-hydrogen) atoms. The number of sulfone groups is 1. The summed E-state index contributed by atoms with van der Waals surface area (Å²) in [7, 11) is -2.87. The molecule has 0 amide bonds. The van der Waals surface area contributed by atoms with Crippen molar-refractivity contribution in [3.05, 3.63) is 10.6 Å². The molecule has 0 radical (unpaired) electrons. The molecule has 1 aliphatic rings. The number of nitrogens with one attached hydrogen (secondary N) is 1. The van der Waals surface area contributed by atoms with Crippen LogP contribution in [-0.4, -0.2) is 52.2 Å². The van der Waals surface area contributed by atoms with Crippen molar-refractivity contribution in [1.82, 2.24) is 19.7 Å². The normalized spacial score (nSPS) is 22.0. The fraction of sp³-hybridized carbons (Fsp3) is 0.846.